The first-order chi connectivity index (χ1) is 13.7. The molecule has 1 heterocycles. The zero-order valence-corrected chi connectivity index (χ0v) is 15.7. The molecule has 2 N–H and O–H groups in total. The first-order valence-corrected chi connectivity index (χ1v) is 9.32. The van der Waals surface area contributed by atoms with Crippen LogP contribution in [0.2, 0.25) is 0 Å². The monoisotopic (exact) mass is 382 g/mol. The molecule has 1 aromatic heterocycles. The molecule has 2 aromatic carbocycles. The predicted octanol–water partition coefficient (Wildman–Crippen LogP) is 3.95. The summed E-state index contributed by atoms with van der Waals surface area (Å²) in [6.45, 7) is 3.62. The number of aryl methyl sites for hydroxylation is 1. The standard InChI is InChI=1S/C21H23FN4O2/c1-2-23-14-16-6-3-4-7-18(16)24-19(27)8-5-9-20-25-21(26-28-20)15-10-12-17(22)13-11-15/h3-4,6-7,10-13,23H,2,5,8-9,14H2,1H3,(H,24,27). The molecule has 1 amide bonds. The Balaban J connectivity index is 1.49. The molecule has 146 valence electrons. The van der Waals surface area contributed by atoms with Crippen LogP contribution in [0.1, 0.15) is 31.2 Å². The van der Waals surface area contributed by atoms with Crippen molar-refractivity contribution < 1.29 is 13.7 Å². The minimum absolute atomic E-state index is 0.0535. The fraction of sp³-hybridized carbons (Fsp3) is 0.286. The van der Waals surface area contributed by atoms with Crippen LogP contribution in [0.5, 0.6) is 0 Å². The Labute approximate surface area is 163 Å². The van der Waals surface area contributed by atoms with E-state index in [0.717, 1.165) is 17.8 Å². The molecule has 28 heavy (non-hydrogen) atoms. The maximum Gasteiger partial charge on any atom is 0.226 e. The van der Waals surface area contributed by atoms with Gasteiger partial charge in [-0.1, -0.05) is 30.3 Å². The number of nitrogens with one attached hydrogen (secondary N) is 2. The number of hydrogen-bond acceptors (Lipinski definition) is 5. The van der Waals surface area contributed by atoms with Crippen LogP contribution in [-0.2, 0) is 17.8 Å². The lowest BCUT2D eigenvalue weighted by molar-refractivity contribution is -0.116. The van der Waals surface area contributed by atoms with Crippen LogP contribution in [-0.4, -0.2) is 22.6 Å². The molecule has 3 aromatic rings. The number of halogens is 1. The van der Waals surface area contributed by atoms with E-state index in [4.69, 9.17) is 4.52 Å². The normalized spacial score (nSPS) is 10.8. The van der Waals surface area contributed by atoms with Gasteiger partial charge in [-0.05, 0) is 48.9 Å². The lowest BCUT2D eigenvalue weighted by Crippen LogP contribution is -2.17. The minimum Gasteiger partial charge on any atom is -0.339 e. The molecule has 7 heteroatoms. The summed E-state index contributed by atoms with van der Waals surface area (Å²) in [5, 5.41) is 10.1. The van der Waals surface area contributed by atoms with Crippen LogP contribution in [0, 0.1) is 5.82 Å². The molecule has 0 atom stereocenters. The maximum absolute atomic E-state index is 13.0. The molecule has 0 saturated carbocycles. The topological polar surface area (TPSA) is 80.0 Å². The third-order valence-electron chi connectivity index (χ3n) is 4.22. The Hall–Kier alpha value is -3.06. The largest absolute Gasteiger partial charge is 0.339 e. The average molecular weight is 382 g/mol. The van der Waals surface area contributed by atoms with Gasteiger partial charge < -0.3 is 15.2 Å². The average Bonchev–Trinajstić information content (AvgIpc) is 3.17. The third-order valence-corrected chi connectivity index (χ3v) is 4.22. The van der Waals surface area contributed by atoms with Gasteiger partial charge in [0.25, 0.3) is 0 Å². The highest BCUT2D eigenvalue weighted by molar-refractivity contribution is 5.91. The highest BCUT2D eigenvalue weighted by Crippen LogP contribution is 2.18. The van der Waals surface area contributed by atoms with Crippen molar-refractivity contribution in [3.63, 3.8) is 0 Å². The zero-order chi connectivity index (χ0) is 19.8. The molecule has 0 fully saturated rings. The van der Waals surface area contributed by atoms with Gasteiger partial charge in [0.15, 0.2) is 0 Å². The van der Waals surface area contributed by atoms with E-state index in [-0.39, 0.29) is 11.7 Å². The second-order valence-corrected chi connectivity index (χ2v) is 6.36. The molecule has 0 aliphatic rings. The van der Waals surface area contributed by atoms with Crippen molar-refractivity contribution in [1.29, 1.82) is 0 Å². The van der Waals surface area contributed by atoms with Crippen molar-refractivity contribution in [2.45, 2.75) is 32.7 Å². The molecule has 0 radical (unpaired) electrons. The quantitative estimate of drug-likeness (QED) is 0.586. The number of amides is 1. The van der Waals surface area contributed by atoms with Crippen LogP contribution in [0.3, 0.4) is 0 Å². The van der Waals surface area contributed by atoms with Gasteiger partial charge in [-0.15, -0.1) is 0 Å². The molecule has 6 nitrogen and oxygen atoms in total. The van der Waals surface area contributed by atoms with E-state index in [1.54, 1.807) is 12.1 Å². The Bertz CT molecular complexity index is 909. The molecule has 0 spiro atoms. The SMILES string of the molecule is CCNCc1ccccc1NC(=O)CCCc1nc(-c2ccc(F)cc2)no1. The van der Waals surface area contributed by atoms with Gasteiger partial charge in [-0.3, -0.25) is 4.79 Å². The van der Waals surface area contributed by atoms with Crippen molar-refractivity contribution in [1.82, 2.24) is 15.5 Å². The molecule has 0 bridgehead atoms. The van der Waals surface area contributed by atoms with Gasteiger partial charge in [0.05, 0.1) is 0 Å². The first kappa shape index (κ1) is 19.7. The summed E-state index contributed by atoms with van der Waals surface area (Å²) < 4.78 is 18.2. The van der Waals surface area contributed by atoms with Crippen molar-refractivity contribution in [2.24, 2.45) is 0 Å². The van der Waals surface area contributed by atoms with E-state index in [1.165, 1.54) is 12.1 Å². The van der Waals surface area contributed by atoms with Gasteiger partial charge in [0, 0.05) is 30.6 Å². The number of nitrogens with zero attached hydrogens (tertiary/aromatic N) is 2. The highest BCUT2D eigenvalue weighted by atomic mass is 19.1. The van der Waals surface area contributed by atoms with Crippen molar-refractivity contribution in [3.8, 4) is 11.4 Å². The maximum atomic E-state index is 13.0. The van der Waals surface area contributed by atoms with E-state index in [0.29, 0.717) is 43.1 Å². The fourth-order valence-corrected chi connectivity index (χ4v) is 2.74. The van der Waals surface area contributed by atoms with E-state index in [9.17, 15) is 9.18 Å². The van der Waals surface area contributed by atoms with Crippen LogP contribution in [0.25, 0.3) is 11.4 Å². The minimum atomic E-state index is -0.314. The first-order valence-electron chi connectivity index (χ1n) is 9.32. The molecular formula is C21H23FN4O2. The summed E-state index contributed by atoms with van der Waals surface area (Å²) in [6.07, 6.45) is 1.44. The fourth-order valence-electron chi connectivity index (χ4n) is 2.74. The van der Waals surface area contributed by atoms with Gasteiger partial charge in [-0.2, -0.15) is 4.98 Å². The molecule has 3 rings (SSSR count). The Kier molecular flexibility index (Phi) is 6.86. The summed E-state index contributed by atoms with van der Waals surface area (Å²) in [4.78, 5) is 16.6. The zero-order valence-electron chi connectivity index (χ0n) is 15.7. The smallest absolute Gasteiger partial charge is 0.226 e. The molecule has 0 saturated heterocycles. The number of rotatable bonds is 9. The van der Waals surface area contributed by atoms with Crippen molar-refractivity contribution in [2.75, 3.05) is 11.9 Å². The van der Waals surface area contributed by atoms with Crippen molar-refractivity contribution in [3.05, 3.63) is 65.8 Å². The van der Waals surface area contributed by atoms with Gasteiger partial charge >= 0.3 is 0 Å². The van der Waals surface area contributed by atoms with Crippen LogP contribution in [0.15, 0.2) is 53.1 Å². The van der Waals surface area contributed by atoms with Crippen LogP contribution < -0.4 is 10.6 Å². The number of aromatic nitrogens is 2. The van der Waals surface area contributed by atoms with Crippen molar-refractivity contribution >= 4 is 11.6 Å². The number of hydrogen-bond donors (Lipinski definition) is 2. The summed E-state index contributed by atoms with van der Waals surface area (Å²) in [7, 11) is 0. The summed E-state index contributed by atoms with van der Waals surface area (Å²) >= 11 is 0. The summed E-state index contributed by atoms with van der Waals surface area (Å²) in [5.41, 5.74) is 2.56. The van der Waals surface area contributed by atoms with Gasteiger partial charge in [-0.25, -0.2) is 4.39 Å². The lowest BCUT2D eigenvalue weighted by Gasteiger charge is -2.11. The van der Waals surface area contributed by atoms with Gasteiger partial charge in [0.2, 0.25) is 17.6 Å². The number of carbonyl (C=O) groups excluding carboxylic acids is 1. The summed E-state index contributed by atoms with van der Waals surface area (Å²) in [6, 6.07) is 13.7. The number of benzene rings is 2. The predicted molar refractivity (Wildman–Crippen MR) is 105 cm³/mol. The Morgan fingerprint density at radius 3 is 2.71 bits per heavy atom. The Morgan fingerprint density at radius 2 is 1.93 bits per heavy atom. The second-order valence-electron chi connectivity index (χ2n) is 6.36. The van der Waals surface area contributed by atoms with E-state index < -0.39 is 0 Å². The van der Waals surface area contributed by atoms with Crippen LogP contribution >= 0.6 is 0 Å². The second kappa shape index (κ2) is 9.75. The lowest BCUT2D eigenvalue weighted by atomic mass is 10.1. The summed E-state index contributed by atoms with van der Waals surface area (Å²) in [5.74, 6) is 0.504. The van der Waals surface area contributed by atoms with Crippen LogP contribution in [0.4, 0.5) is 10.1 Å². The molecule has 0 unspecified atom stereocenters. The van der Waals surface area contributed by atoms with E-state index >= 15 is 0 Å². The highest BCUT2D eigenvalue weighted by Gasteiger charge is 2.11. The van der Waals surface area contributed by atoms with Gasteiger partial charge in [0.1, 0.15) is 5.82 Å². The third kappa shape index (κ3) is 5.47. The number of anilines is 1. The molecule has 0 aliphatic carbocycles. The van der Waals surface area contributed by atoms with E-state index in [2.05, 4.69) is 20.8 Å². The van der Waals surface area contributed by atoms with E-state index in [1.807, 2.05) is 31.2 Å². The number of carbonyl (C=O) groups is 1. The number of para-hydroxylation sites is 1. The molecule has 0 aliphatic heterocycles. The Morgan fingerprint density at radius 1 is 1.14 bits per heavy atom. The molecular weight excluding hydrogens is 359 g/mol.